The summed E-state index contributed by atoms with van der Waals surface area (Å²) in [6, 6.07) is 0.538. The largest absolute Gasteiger partial charge is 0.313 e. The van der Waals surface area contributed by atoms with Crippen LogP contribution in [-0.4, -0.2) is 27.3 Å². The summed E-state index contributed by atoms with van der Waals surface area (Å²) in [5.41, 5.74) is 0. The summed E-state index contributed by atoms with van der Waals surface area (Å²) in [6.07, 6.45) is 8.70. The van der Waals surface area contributed by atoms with Crippen LogP contribution in [0.3, 0.4) is 0 Å². The van der Waals surface area contributed by atoms with Crippen LogP contribution < -0.4 is 5.32 Å². The Kier molecular flexibility index (Phi) is 4.21. The third-order valence-corrected chi connectivity index (χ3v) is 6.14. The second-order valence-electron chi connectivity index (χ2n) is 4.87. The standard InChI is InChI=1S/C12H23NOS/c1-2-13-11-8-5-9-12(11)15(14)10-6-3-4-7-10/h10-13H,2-9H2,1H3. The molecule has 0 bridgehead atoms. The first-order valence-corrected chi connectivity index (χ1v) is 7.73. The molecule has 2 nitrogen and oxygen atoms in total. The molecule has 15 heavy (non-hydrogen) atoms. The van der Waals surface area contributed by atoms with Crippen LogP contribution >= 0.6 is 0 Å². The van der Waals surface area contributed by atoms with Crippen molar-refractivity contribution in [3.05, 3.63) is 0 Å². The lowest BCUT2D eigenvalue weighted by Crippen LogP contribution is -2.40. The molecule has 0 amide bonds. The summed E-state index contributed by atoms with van der Waals surface area (Å²) in [6.45, 7) is 3.16. The quantitative estimate of drug-likeness (QED) is 0.801. The zero-order valence-corrected chi connectivity index (χ0v) is 10.5. The van der Waals surface area contributed by atoms with Gasteiger partial charge in [0.2, 0.25) is 0 Å². The van der Waals surface area contributed by atoms with Gasteiger partial charge in [0.1, 0.15) is 0 Å². The van der Waals surface area contributed by atoms with Gasteiger partial charge in [0.15, 0.2) is 0 Å². The molecule has 88 valence electrons. The minimum absolute atomic E-state index is 0.452. The molecule has 3 unspecified atom stereocenters. The summed E-state index contributed by atoms with van der Waals surface area (Å²) in [5, 5.41) is 4.48. The van der Waals surface area contributed by atoms with E-state index in [4.69, 9.17) is 0 Å². The Morgan fingerprint density at radius 1 is 1.13 bits per heavy atom. The first kappa shape index (κ1) is 11.6. The number of hydrogen-bond donors (Lipinski definition) is 1. The molecule has 2 fully saturated rings. The molecule has 0 aromatic rings. The smallest absolute Gasteiger partial charge is 0.0504 e. The van der Waals surface area contributed by atoms with Gasteiger partial charge in [-0.2, -0.15) is 0 Å². The fraction of sp³-hybridized carbons (Fsp3) is 1.00. The average molecular weight is 229 g/mol. The van der Waals surface area contributed by atoms with E-state index in [-0.39, 0.29) is 0 Å². The lowest BCUT2D eigenvalue weighted by Gasteiger charge is -2.22. The maximum atomic E-state index is 12.4. The van der Waals surface area contributed by atoms with Gasteiger partial charge < -0.3 is 5.32 Å². The lowest BCUT2D eigenvalue weighted by atomic mass is 10.2. The molecule has 2 saturated carbocycles. The third-order valence-electron chi connectivity index (χ3n) is 3.85. The van der Waals surface area contributed by atoms with E-state index in [0.29, 0.717) is 16.5 Å². The first-order valence-electron chi connectivity index (χ1n) is 6.45. The average Bonchev–Trinajstić information content (AvgIpc) is 2.87. The highest BCUT2D eigenvalue weighted by atomic mass is 32.2. The highest BCUT2D eigenvalue weighted by Crippen LogP contribution is 2.31. The predicted octanol–water partition coefficient (Wildman–Crippen LogP) is 2.21. The maximum Gasteiger partial charge on any atom is 0.0504 e. The molecule has 1 N–H and O–H groups in total. The van der Waals surface area contributed by atoms with E-state index in [9.17, 15) is 4.21 Å². The van der Waals surface area contributed by atoms with Crippen LogP contribution in [0.15, 0.2) is 0 Å². The molecule has 3 heteroatoms. The van der Waals surface area contributed by atoms with Crippen molar-refractivity contribution in [2.24, 2.45) is 0 Å². The Morgan fingerprint density at radius 2 is 1.87 bits per heavy atom. The summed E-state index contributed by atoms with van der Waals surface area (Å²) < 4.78 is 12.4. The predicted molar refractivity (Wildman–Crippen MR) is 65.5 cm³/mol. The molecular weight excluding hydrogens is 206 g/mol. The Morgan fingerprint density at radius 3 is 2.53 bits per heavy atom. The SMILES string of the molecule is CCNC1CCCC1S(=O)C1CCCC1. The van der Waals surface area contributed by atoms with E-state index in [1.165, 1.54) is 44.9 Å². The Labute approximate surface area is 95.7 Å². The Bertz CT molecular complexity index is 226. The van der Waals surface area contributed by atoms with Gasteiger partial charge in [-0.05, 0) is 32.2 Å². The van der Waals surface area contributed by atoms with E-state index >= 15 is 0 Å². The molecule has 2 aliphatic rings. The van der Waals surface area contributed by atoms with Crippen molar-refractivity contribution >= 4 is 10.8 Å². The molecule has 2 aliphatic carbocycles. The molecule has 0 radical (unpaired) electrons. The van der Waals surface area contributed by atoms with Crippen molar-refractivity contribution in [2.75, 3.05) is 6.54 Å². The summed E-state index contributed by atoms with van der Waals surface area (Å²) in [5.74, 6) is 0. The van der Waals surface area contributed by atoms with Crippen LogP contribution in [0.1, 0.15) is 51.9 Å². The second kappa shape index (κ2) is 5.44. The fourth-order valence-corrected chi connectivity index (χ4v) is 5.32. The number of nitrogens with one attached hydrogen (secondary N) is 1. The van der Waals surface area contributed by atoms with Crippen molar-refractivity contribution in [3.63, 3.8) is 0 Å². The number of rotatable bonds is 4. The Balaban J connectivity index is 1.92. The topological polar surface area (TPSA) is 29.1 Å². The molecular formula is C12H23NOS. The molecule has 0 aliphatic heterocycles. The molecule has 0 heterocycles. The van der Waals surface area contributed by atoms with Crippen LogP contribution in [0.25, 0.3) is 0 Å². The summed E-state index contributed by atoms with van der Waals surface area (Å²) in [7, 11) is -0.565. The van der Waals surface area contributed by atoms with Gasteiger partial charge in [-0.15, -0.1) is 0 Å². The van der Waals surface area contributed by atoms with Gasteiger partial charge in [0, 0.05) is 22.1 Å². The molecule has 0 aromatic carbocycles. The Hall–Kier alpha value is 0.110. The molecule has 3 atom stereocenters. The molecule has 0 aromatic heterocycles. The van der Waals surface area contributed by atoms with E-state index < -0.39 is 10.8 Å². The highest BCUT2D eigenvalue weighted by molar-refractivity contribution is 7.86. The molecule has 0 saturated heterocycles. The van der Waals surface area contributed by atoms with Crippen molar-refractivity contribution in [2.45, 2.75) is 68.4 Å². The molecule has 0 spiro atoms. The van der Waals surface area contributed by atoms with Gasteiger partial charge >= 0.3 is 0 Å². The monoisotopic (exact) mass is 229 g/mol. The summed E-state index contributed by atoms with van der Waals surface area (Å²) in [4.78, 5) is 0. The van der Waals surface area contributed by atoms with Gasteiger partial charge in [0.25, 0.3) is 0 Å². The second-order valence-corrected chi connectivity index (χ2v) is 6.80. The lowest BCUT2D eigenvalue weighted by molar-refractivity contribution is 0.538. The van der Waals surface area contributed by atoms with E-state index in [1.54, 1.807) is 0 Å². The van der Waals surface area contributed by atoms with Crippen molar-refractivity contribution < 1.29 is 4.21 Å². The van der Waals surface area contributed by atoms with E-state index in [1.807, 2.05) is 0 Å². The maximum absolute atomic E-state index is 12.4. The van der Waals surface area contributed by atoms with Gasteiger partial charge in [-0.1, -0.05) is 26.2 Å². The van der Waals surface area contributed by atoms with Gasteiger partial charge in [-0.3, -0.25) is 4.21 Å². The van der Waals surface area contributed by atoms with Crippen molar-refractivity contribution in [3.8, 4) is 0 Å². The first-order chi connectivity index (χ1) is 7.33. The summed E-state index contributed by atoms with van der Waals surface area (Å²) >= 11 is 0. The van der Waals surface area contributed by atoms with Crippen LogP contribution in [0, 0.1) is 0 Å². The zero-order chi connectivity index (χ0) is 10.7. The zero-order valence-electron chi connectivity index (χ0n) is 9.71. The highest BCUT2D eigenvalue weighted by Gasteiger charge is 2.35. The van der Waals surface area contributed by atoms with Crippen LogP contribution in [0.2, 0.25) is 0 Å². The van der Waals surface area contributed by atoms with Crippen LogP contribution in [0.5, 0.6) is 0 Å². The minimum Gasteiger partial charge on any atom is -0.313 e. The van der Waals surface area contributed by atoms with Crippen molar-refractivity contribution in [1.82, 2.24) is 5.32 Å². The van der Waals surface area contributed by atoms with Crippen LogP contribution in [0.4, 0.5) is 0 Å². The van der Waals surface area contributed by atoms with E-state index in [0.717, 1.165) is 6.54 Å². The van der Waals surface area contributed by atoms with E-state index in [2.05, 4.69) is 12.2 Å². The fourth-order valence-electron chi connectivity index (χ4n) is 3.07. The van der Waals surface area contributed by atoms with Crippen LogP contribution in [-0.2, 0) is 10.8 Å². The van der Waals surface area contributed by atoms with Crippen molar-refractivity contribution in [1.29, 1.82) is 0 Å². The van der Waals surface area contributed by atoms with Gasteiger partial charge in [-0.25, -0.2) is 0 Å². The minimum atomic E-state index is -0.565. The normalized spacial score (nSPS) is 34.7. The van der Waals surface area contributed by atoms with Gasteiger partial charge in [0.05, 0.1) is 5.25 Å². The number of hydrogen-bond acceptors (Lipinski definition) is 2. The third kappa shape index (κ3) is 2.62. The molecule has 2 rings (SSSR count).